The average molecular weight is 481 g/mol. The fraction of sp³-hybridized carbons (Fsp3) is 0.269. The van der Waals surface area contributed by atoms with E-state index >= 15 is 0 Å². The molecular formula is C26H28N2O7. The van der Waals surface area contributed by atoms with Crippen LogP contribution in [0, 0.1) is 0 Å². The summed E-state index contributed by atoms with van der Waals surface area (Å²) in [6.07, 6.45) is 0. The Morgan fingerprint density at radius 2 is 1.49 bits per heavy atom. The van der Waals surface area contributed by atoms with Crippen LogP contribution >= 0.6 is 0 Å². The number of methoxy groups -OCH3 is 2. The number of nitrogens with zero attached hydrogens (tertiary/aromatic N) is 2. The number of hydrogen-bond acceptors (Lipinski definition) is 6. The molecule has 0 bridgehead atoms. The lowest BCUT2D eigenvalue weighted by Crippen LogP contribution is -2.48. The third kappa shape index (κ3) is 6.48. The Morgan fingerprint density at radius 3 is 2.11 bits per heavy atom. The van der Waals surface area contributed by atoms with Gasteiger partial charge >= 0.3 is 11.9 Å². The minimum absolute atomic E-state index is 0.111. The first-order valence-electron chi connectivity index (χ1n) is 11.0. The standard InChI is InChI=1S/C24H26N2O3.C2H2O4/c1-28-20-10-11-23(29-2)19(16-20)17-25-12-14-26(15-13-25)24(27)22-9-5-7-18-6-3-4-8-21(18)22;3-1(4)2(5)6/h3-11,16H,12-15,17H2,1-2H3;(H,3,4)(H,5,6). The van der Waals surface area contributed by atoms with E-state index in [1.54, 1.807) is 14.2 Å². The molecule has 3 aromatic carbocycles. The number of carbonyl (C=O) groups is 3. The largest absolute Gasteiger partial charge is 0.497 e. The summed E-state index contributed by atoms with van der Waals surface area (Å²) in [4.78, 5) is 35.6. The molecule has 1 fully saturated rings. The number of piperazine rings is 1. The molecule has 0 spiro atoms. The van der Waals surface area contributed by atoms with E-state index < -0.39 is 11.9 Å². The molecule has 0 atom stereocenters. The molecular weight excluding hydrogens is 452 g/mol. The van der Waals surface area contributed by atoms with Crippen LogP contribution in [-0.4, -0.2) is 78.3 Å². The molecule has 2 N–H and O–H groups in total. The van der Waals surface area contributed by atoms with Crippen molar-refractivity contribution in [2.45, 2.75) is 6.54 Å². The molecule has 9 nitrogen and oxygen atoms in total. The molecule has 9 heteroatoms. The summed E-state index contributed by atoms with van der Waals surface area (Å²) in [5.41, 5.74) is 1.88. The van der Waals surface area contributed by atoms with E-state index in [-0.39, 0.29) is 5.91 Å². The van der Waals surface area contributed by atoms with Gasteiger partial charge in [0.1, 0.15) is 11.5 Å². The molecule has 1 aliphatic heterocycles. The van der Waals surface area contributed by atoms with Crippen LogP contribution in [0.1, 0.15) is 15.9 Å². The van der Waals surface area contributed by atoms with Crippen molar-refractivity contribution in [3.63, 3.8) is 0 Å². The van der Waals surface area contributed by atoms with E-state index in [0.29, 0.717) is 13.1 Å². The first-order valence-corrected chi connectivity index (χ1v) is 11.0. The fourth-order valence-corrected chi connectivity index (χ4v) is 3.94. The van der Waals surface area contributed by atoms with Gasteiger partial charge in [-0.2, -0.15) is 0 Å². The van der Waals surface area contributed by atoms with Crippen molar-refractivity contribution in [3.05, 3.63) is 71.8 Å². The van der Waals surface area contributed by atoms with Crippen molar-refractivity contribution >= 4 is 28.6 Å². The number of carboxylic acids is 2. The highest BCUT2D eigenvalue weighted by Gasteiger charge is 2.24. The minimum atomic E-state index is -1.82. The predicted octanol–water partition coefficient (Wildman–Crippen LogP) is 2.97. The molecule has 0 unspecified atom stereocenters. The predicted molar refractivity (Wildman–Crippen MR) is 130 cm³/mol. The molecule has 4 rings (SSSR count). The first-order chi connectivity index (χ1) is 16.8. The van der Waals surface area contributed by atoms with Crippen LogP contribution in [0.4, 0.5) is 0 Å². The summed E-state index contributed by atoms with van der Waals surface area (Å²) < 4.78 is 10.8. The smallest absolute Gasteiger partial charge is 0.414 e. The zero-order chi connectivity index (χ0) is 25.4. The summed E-state index contributed by atoms with van der Waals surface area (Å²) >= 11 is 0. The number of rotatable bonds is 5. The topological polar surface area (TPSA) is 117 Å². The molecule has 0 radical (unpaired) electrons. The molecule has 1 heterocycles. The second-order valence-corrected chi connectivity index (χ2v) is 7.88. The zero-order valence-electron chi connectivity index (χ0n) is 19.6. The van der Waals surface area contributed by atoms with Gasteiger partial charge in [-0.1, -0.05) is 36.4 Å². The van der Waals surface area contributed by atoms with Gasteiger partial charge < -0.3 is 24.6 Å². The Morgan fingerprint density at radius 1 is 0.829 bits per heavy atom. The van der Waals surface area contributed by atoms with E-state index in [0.717, 1.165) is 53.0 Å². The van der Waals surface area contributed by atoms with Gasteiger partial charge in [-0.15, -0.1) is 0 Å². The summed E-state index contributed by atoms with van der Waals surface area (Å²) in [6.45, 7) is 3.87. The molecule has 0 aliphatic carbocycles. The highest BCUT2D eigenvalue weighted by molar-refractivity contribution is 6.27. The maximum absolute atomic E-state index is 13.1. The average Bonchev–Trinajstić information content (AvgIpc) is 2.88. The van der Waals surface area contributed by atoms with Gasteiger partial charge in [-0.05, 0) is 35.0 Å². The van der Waals surface area contributed by atoms with Crippen molar-refractivity contribution in [3.8, 4) is 11.5 Å². The van der Waals surface area contributed by atoms with Crippen LogP contribution in [0.15, 0.2) is 60.7 Å². The van der Waals surface area contributed by atoms with E-state index in [2.05, 4.69) is 4.90 Å². The molecule has 1 saturated heterocycles. The Labute approximate surface area is 203 Å². The van der Waals surface area contributed by atoms with Gasteiger partial charge in [0.05, 0.1) is 14.2 Å². The van der Waals surface area contributed by atoms with Crippen molar-refractivity contribution < 1.29 is 34.1 Å². The second-order valence-electron chi connectivity index (χ2n) is 7.88. The molecule has 35 heavy (non-hydrogen) atoms. The number of carboxylic acid groups (broad SMARTS) is 2. The first kappa shape index (κ1) is 25.5. The van der Waals surface area contributed by atoms with Gasteiger partial charge in [0.25, 0.3) is 5.91 Å². The van der Waals surface area contributed by atoms with Gasteiger partial charge in [0.15, 0.2) is 0 Å². The highest BCUT2D eigenvalue weighted by atomic mass is 16.5. The van der Waals surface area contributed by atoms with Crippen LogP contribution in [0.5, 0.6) is 11.5 Å². The third-order valence-corrected chi connectivity index (χ3v) is 5.74. The quantitative estimate of drug-likeness (QED) is 0.536. The Hall–Kier alpha value is -4.11. The lowest BCUT2D eigenvalue weighted by Gasteiger charge is -2.35. The van der Waals surface area contributed by atoms with Crippen LogP contribution in [0.3, 0.4) is 0 Å². The number of hydrogen-bond donors (Lipinski definition) is 2. The van der Waals surface area contributed by atoms with Crippen LogP contribution in [0.2, 0.25) is 0 Å². The molecule has 1 amide bonds. The van der Waals surface area contributed by atoms with E-state index in [9.17, 15) is 4.79 Å². The maximum Gasteiger partial charge on any atom is 0.414 e. The van der Waals surface area contributed by atoms with Crippen molar-refractivity contribution in [2.24, 2.45) is 0 Å². The molecule has 3 aromatic rings. The number of amides is 1. The maximum atomic E-state index is 13.1. The lowest BCUT2D eigenvalue weighted by atomic mass is 10.0. The Balaban J connectivity index is 0.000000509. The number of benzene rings is 3. The highest BCUT2D eigenvalue weighted by Crippen LogP contribution is 2.26. The summed E-state index contributed by atoms with van der Waals surface area (Å²) in [5, 5.41) is 16.9. The van der Waals surface area contributed by atoms with E-state index in [4.69, 9.17) is 29.3 Å². The molecule has 0 aromatic heterocycles. The van der Waals surface area contributed by atoms with Gasteiger partial charge in [-0.3, -0.25) is 9.69 Å². The van der Waals surface area contributed by atoms with E-state index in [1.165, 1.54) is 0 Å². The molecule has 0 saturated carbocycles. The lowest BCUT2D eigenvalue weighted by molar-refractivity contribution is -0.159. The van der Waals surface area contributed by atoms with Crippen molar-refractivity contribution in [2.75, 3.05) is 40.4 Å². The third-order valence-electron chi connectivity index (χ3n) is 5.74. The zero-order valence-corrected chi connectivity index (χ0v) is 19.6. The molecule has 184 valence electrons. The fourth-order valence-electron chi connectivity index (χ4n) is 3.94. The number of ether oxygens (including phenoxy) is 2. The van der Waals surface area contributed by atoms with Crippen LogP contribution in [0.25, 0.3) is 10.8 Å². The Bertz CT molecular complexity index is 1190. The summed E-state index contributed by atoms with van der Waals surface area (Å²) in [5.74, 6) is -1.85. The molecule has 1 aliphatic rings. The number of carbonyl (C=O) groups excluding carboxylic acids is 1. The summed E-state index contributed by atoms with van der Waals surface area (Å²) in [6, 6.07) is 19.9. The minimum Gasteiger partial charge on any atom is -0.497 e. The number of fused-ring (bicyclic) bond motifs is 1. The second kappa shape index (κ2) is 11.8. The van der Waals surface area contributed by atoms with Gasteiger partial charge in [-0.25, -0.2) is 9.59 Å². The SMILES string of the molecule is COc1ccc(OC)c(CN2CCN(C(=O)c3cccc4ccccc34)CC2)c1.O=C(O)C(=O)O. The monoisotopic (exact) mass is 480 g/mol. The summed E-state index contributed by atoms with van der Waals surface area (Å²) in [7, 11) is 3.36. The van der Waals surface area contributed by atoms with E-state index in [1.807, 2.05) is 65.6 Å². The van der Waals surface area contributed by atoms with Gasteiger partial charge in [0, 0.05) is 43.9 Å². The van der Waals surface area contributed by atoms with Crippen molar-refractivity contribution in [1.29, 1.82) is 0 Å². The number of aliphatic carboxylic acids is 2. The van der Waals surface area contributed by atoms with Crippen LogP contribution in [-0.2, 0) is 16.1 Å². The van der Waals surface area contributed by atoms with Crippen LogP contribution < -0.4 is 9.47 Å². The van der Waals surface area contributed by atoms with Crippen molar-refractivity contribution in [1.82, 2.24) is 9.80 Å². The Kier molecular flexibility index (Phi) is 8.63. The normalized spacial score (nSPS) is 13.5. The van der Waals surface area contributed by atoms with Gasteiger partial charge in [0.2, 0.25) is 0 Å².